The van der Waals surface area contributed by atoms with E-state index in [-0.39, 0.29) is 11.8 Å². The summed E-state index contributed by atoms with van der Waals surface area (Å²) in [4.78, 5) is 22.9. The van der Waals surface area contributed by atoms with Crippen molar-refractivity contribution in [3.8, 4) is 0 Å². The van der Waals surface area contributed by atoms with E-state index in [1.807, 2.05) is 18.2 Å². The Balaban J connectivity index is 1.36. The number of nitrogens with one attached hydrogen (secondary N) is 2. The molecule has 2 N–H and O–H groups in total. The molecule has 0 aliphatic carbocycles. The van der Waals surface area contributed by atoms with Crippen molar-refractivity contribution in [3.63, 3.8) is 0 Å². The number of pyridine rings is 1. The van der Waals surface area contributed by atoms with Crippen molar-refractivity contribution in [3.05, 3.63) is 54.2 Å². The van der Waals surface area contributed by atoms with Gasteiger partial charge < -0.3 is 15.1 Å². The van der Waals surface area contributed by atoms with Gasteiger partial charge in [0.15, 0.2) is 5.58 Å². The number of piperazine rings is 1. The molecule has 1 saturated heterocycles. The molecule has 1 aliphatic heterocycles. The molecule has 0 unspecified atom stereocenters. The number of benzene rings is 1. The van der Waals surface area contributed by atoms with E-state index in [2.05, 4.69) is 25.5 Å². The molecular formula is C21H26N6O4S. The molecule has 10 nitrogen and oxygen atoms in total. The monoisotopic (exact) mass is 458 g/mol. The van der Waals surface area contributed by atoms with Crippen LogP contribution in [0.15, 0.2) is 47.1 Å². The second kappa shape index (κ2) is 9.63. The Morgan fingerprint density at radius 3 is 2.69 bits per heavy atom. The minimum atomic E-state index is -3.15. The quantitative estimate of drug-likeness (QED) is 0.556. The fraction of sp³-hybridized carbons (Fsp3) is 0.381. The van der Waals surface area contributed by atoms with Crippen LogP contribution in [0.1, 0.15) is 18.4 Å². The highest BCUT2D eigenvalue weighted by Gasteiger charge is 2.26. The number of para-hydroxylation sites is 1. The first kappa shape index (κ1) is 22.2. The smallest absolute Gasteiger partial charge is 0.319 e. The number of fused-ring (bicyclic) bond motifs is 1. The Morgan fingerprint density at radius 2 is 1.97 bits per heavy atom. The topological polar surface area (TPSA) is 121 Å². The van der Waals surface area contributed by atoms with E-state index in [9.17, 15) is 13.2 Å². The molecule has 0 spiro atoms. The van der Waals surface area contributed by atoms with Crippen LogP contribution in [0.25, 0.3) is 11.1 Å². The summed E-state index contributed by atoms with van der Waals surface area (Å²) in [6.07, 6.45) is 3.21. The fourth-order valence-electron chi connectivity index (χ4n) is 3.59. The molecule has 1 aromatic carbocycles. The molecule has 2 amide bonds. The van der Waals surface area contributed by atoms with Gasteiger partial charge >= 0.3 is 6.03 Å². The van der Waals surface area contributed by atoms with Gasteiger partial charge in [-0.05, 0) is 25.1 Å². The molecular weight excluding hydrogens is 432 g/mol. The SMILES string of the molecule is CCS(=O)(=O)N1CCN(Cc2nc3c(CNC(=O)Nc4cccnc4)cccc3o2)CC1. The molecule has 11 heteroatoms. The van der Waals surface area contributed by atoms with Crippen molar-refractivity contribution in [2.75, 3.05) is 37.2 Å². The lowest BCUT2D eigenvalue weighted by molar-refractivity contribution is 0.169. The summed E-state index contributed by atoms with van der Waals surface area (Å²) in [5, 5.41) is 5.55. The van der Waals surface area contributed by atoms with Gasteiger partial charge in [0.25, 0.3) is 0 Å². The lowest BCUT2D eigenvalue weighted by Crippen LogP contribution is -2.48. The number of carbonyl (C=O) groups excluding carboxylic acids is 1. The number of aromatic nitrogens is 2. The van der Waals surface area contributed by atoms with Crippen molar-refractivity contribution < 1.29 is 17.6 Å². The average Bonchev–Trinajstić information content (AvgIpc) is 3.21. The van der Waals surface area contributed by atoms with E-state index < -0.39 is 10.0 Å². The first-order chi connectivity index (χ1) is 15.4. The maximum Gasteiger partial charge on any atom is 0.319 e. The van der Waals surface area contributed by atoms with Crippen molar-refractivity contribution in [1.82, 2.24) is 24.5 Å². The molecule has 4 rings (SSSR count). The number of amides is 2. The molecule has 2 aromatic heterocycles. The molecule has 0 radical (unpaired) electrons. The van der Waals surface area contributed by atoms with Crippen molar-refractivity contribution in [2.45, 2.75) is 20.0 Å². The van der Waals surface area contributed by atoms with Gasteiger partial charge in [0, 0.05) is 44.5 Å². The van der Waals surface area contributed by atoms with Crippen molar-refractivity contribution in [2.24, 2.45) is 0 Å². The zero-order valence-corrected chi connectivity index (χ0v) is 18.6. The van der Waals surface area contributed by atoms with Gasteiger partial charge in [-0.3, -0.25) is 9.88 Å². The predicted molar refractivity (Wildman–Crippen MR) is 120 cm³/mol. The van der Waals surface area contributed by atoms with Gasteiger partial charge in [0.05, 0.1) is 24.2 Å². The summed E-state index contributed by atoms with van der Waals surface area (Å²) < 4.78 is 31.5. The number of oxazole rings is 1. The van der Waals surface area contributed by atoms with Gasteiger partial charge in [-0.1, -0.05) is 12.1 Å². The number of rotatable bonds is 7. The van der Waals surface area contributed by atoms with Gasteiger partial charge in [0.2, 0.25) is 15.9 Å². The van der Waals surface area contributed by atoms with Crippen LogP contribution in [-0.4, -0.2) is 65.6 Å². The lowest BCUT2D eigenvalue weighted by Gasteiger charge is -2.32. The third-order valence-electron chi connectivity index (χ3n) is 5.35. The van der Waals surface area contributed by atoms with Crippen LogP contribution in [0, 0.1) is 0 Å². The molecule has 3 aromatic rings. The highest BCUT2D eigenvalue weighted by molar-refractivity contribution is 7.89. The second-order valence-corrected chi connectivity index (χ2v) is 9.75. The van der Waals surface area contributed by atoms with Crippen LogP contribution in [-0.2, 0) is 23.1 Å². The Hall–Kier alpha value is -3.02. The largest absolute Gasteiger partial charge is 0.439 e. The standard InChI is InChI=1S/C21H26N6O4S/c1-2-32(29,30)27-11-9-26(10-12-27)15-19-25-20-16(5-3-7-18(20)31-19)13-23-21(28)24-17-6-4-8-22-14-17/h3-8,14H,2,9-13,15H2,1H3,(H2,23,24,28). The highest BCUT2D eigenvalue weighted by Crippen LogP contribution is 2.21. The van der Waals surface area contributed by atoms with E-state index in [0.717, 1.165) is 5.56 Å². The zero-order valence-electron chi connectivity index (χ0n) is 17.8. The number of carbonyl (C=O) groups is 1. The third-order valence-corrected chi connectivity index (χ3v) is 7.24. The minimum Gasteiger partial charge on any atom is -0.439 e. The summed E-state index contributed by atoms with van der Waals surface area (Å²) in [6.45, 7) is 4.65. The second-order valence-electron chi connectivity index (χ2n) is 7.50. The maximum absolute atomic E-state index is 12.2. The summed E-state index contributed by atoms with van der Waals surface area (Å²) in [7, 11) is -3.15. The number of hydrogen-bond donors (Lipinski definition) is 2. The van der Waals surface area contributed by atoms with Crippen LogP contribution < -0.4 is 10.6 Å². The molecule has 170 valence electrons. The van der Waals surface area contributed by atoms with Crippen LogP contribution in [0.5, 0.6) is 0 Å². The van der Waals surface area contributed by atoms with Crippen LogP contribution in [0.4, 0.5) is 10.5 Å². The number of sulfonamides is 1. The molecule has 3 heterocycles. The van der Waals surface area contributed by atoms with Crippen molar-refractivity contribution in [1.29, 1.82) is 0 Å². The molecule has 32 heavy (non-hydrogen) atoms. The highest BCUT2D eigenvalue weighted by atomic mass is 32.2. The molecule has 0 atom stereocenters. The van der Waals surface area contributed by atoms with Crippen LogP contribution >= 0.6 is 0 Å². The fourth-order valence-corrected chi connectivity index (χ4v) is 4.67. The van der Waals surface area contributed by atoms with E-state index in [1.165, 1.54) is 4.31 Å². The Kier molecular flexibility index (Phi) is 6.68. The predicted octanol–water partition coefficient (Wildman–Crippen LogP) is 2.01. The first-order valence-electron chi connectivity index (χ1n) is 10.5. The number of hydrogen-bond acceptors (Lipinski definition) is 7. The third kappa shape index (κ3) is 5.23. The molecule has 1 aliphatic rings. The van der Waals surface area contributed by atoms with E-state index in [1.54, 1.807) is 31.5 Å². The van der Waals surface area contributed by atoms with Crippen LogP contribution in [0.3, 0.4) is 0 Å². The summed E-state index contributed by atoms with van der Waals surface area (Å²) >= 11 is 0. The maximum atomic E-state index is 12.2. The van der Waals surface area contributed by atoms with Crippen LogP contribution in [0.2, 0.25) is 0 Å². The Labute approximate surface area is 186 Å². The first-order valence-corrected chi connectivity index (χ1v) is 12.1. The van der Waals surface area contributed by atoms with E-state index >= 15 is 0 Å². The number of nitrogens with zero attached hydrogens (tertiary/aromatic N) is 4. The minimum absolute atomic E-state index is 0.120. The van der Waals surface area contributed by atoms with E-state index in [4.69, 9.17) is 4.42 Å². The zero-order chi connectivity index (χ0) is 22.6. The van der Waals surface area contributed by atoms with Gasteiger partial charge in [-0.25, -0.2) is 18.2 Å². The normalized spacial score (nSPS) is 15.7. The summed E-state index contributed by atoms with van der Waals surface area (Å²) in [6, 6.07) is 8.77. The number of urea groups is 1. The molecule has 0 saturated carbocycles. The van der Waals surface area contributed by atoms with E-state index in [0.29, 0.717) is 61.9 Å². The molecule has 1 fully saturated rings. The van der Waals surface area contributed by atoms with Gasteiger partial charge in [-0.15, -0.1) is 0 Å². The molecule has 0 bridgehead atoms. The summed E-state index contributed by atoms with van der Waals surface area (Å²) in [5.74, 6) is 0.689. The van der Waals surface area contributed by atoms with Gasteiger partial charge in [0.1, 0.15) is 5.52 Å². The number of anilines is 1. The lowest BCUT2D eigenvalue weighted by atomic mass is 10.2. The van der Waals surface area contributed by atoms with Crippen molar-refractivity contribution >= 4 is 32.8 Å². The Bertz CT molecular complexity index is 1170. The van der Waals surface area contributed by atoms with Gasteiger partial charge in [-0.2, -0.15) is 4.31 Å². The average molecular weight is 459 g/mol. The summed E-state index contributed by atoms with van der Waals surface area (Å²) in [5.41, 5.74) is 2.81. The Morgan fingerprint density at radius 1 is 1.16 bits per heavy atom.